The molecular formula is C16H14N5S2+. The number of thiazole rings is 2. The molecule has 23 heavy (non-hydrogen) atoms. The van der Waals surface area contributed by atoms with Gasteiger partial charge in [-0.15, -0.1) is 11.3 Å². The third-order valence-electron chi connectivity index (χ3n) is 3.54. The van der Waals surface area contributed by atoms with E-state index in [1.807, 2.05) is 5.38 Å². The minimum Gasteiger partial charge on any atom is -0.253 e. The second-order valence-electron chi connectivity index (χ2n) is 5.00. The quantitative estimate of drug-likeness (QED) is 0.352. The fraction of sp³-hybridized carbons (Fsp3) is 0.0625. The van der Waals surface area contributed by atoms with E-state index in [1.165, 1.54) is 27.6 Å². The van der Waals surface area contributed by atoms with Gasteiger partial charge in [-0.05, 0) is 17.7 Å². The minimum absolute atomic E-state index is 0.791. The first kappa shape index (κ1) is 14.1. The van der Waals surface area contributed by atoms with E-state index in [0.29, 0.717) is 0 Å². The van der Waals surface area contributed by atoms with Crippen LogP contribution in [0.25, 0.3) is 16.2 Å². The molecule has 0 saturated carbocycles. The van der Waals surface area contributed by atoms with Gasteiger partial charge in [0.15, 0.2) is 5.69 Å². The Labute approximate surface area is 141 Å². The summed E-state index contributed by atoms with van der Waals surface area (Å²) in [5, 5.41) is 8.99. The van der Waals surface area contributed by atoms with Gasteiger partial charge in [0.25, 0.3) is 0 Å². The predicted molar refractivity (Wildman–Crippen MR) is 95.2 cm³/mol. The van der Waals surface area contributed by atoms with Crippen LogP contribution in [0.5, 0.6) is 0 Å². The van der Waals surface area contributed by atoms with Crippen molar-refractivity contribution in [2.75, 3.05) is 5.43 Å². The molecule has 4 aromatic rings. The largest absolute Gasteiger partial charge is 0.345 e. The van der Waals surface area contributed by atoms with Crippen LogP contribution in [0.4, 0.5) is 5.13 Å². The van der Waals surface area contributed by atoms with Crippen molar-refractivity contribution in [1.29, 1.82) is 0 Å². The van der Waals surface area contributed by atoms with Gasteiger partial charge in [-0.25, -0.2) is 9.55 Å². The number of rotatable bonds is 4. The molecule has 3 aromatic heterocycles. The zero-order valence-corrected chi connectivity index (χ0v) is 14.0. The second kappa shape index (κ2) is 5.94. The molecule has 0 fully saturated rings. The summed E-state index contributed by atoms with van der Waals surface area (Å²) in [6.07, 6.45) is 7.78. The molecule has 0 spiro atoms. The van der Waals surface area contributed by atoms with Gasteiger partial charge in [0.05, 0.1) is 13.3 Å². The number of hydrogen-bond donors (Lipinski definition) is 1. The third kappa shape index (κ3) is 2.76. The van der Waals surface area contributed by atoms with E-state index in [0.717, 1.165) is 10.7 Å². The van der Waals surface area contributed by atoms with Gasteiger partial charge < -0.3 is 0 Å². The highest BCUT2D eigenvalue weighted by molar-refractivity contribution is 7.14. The van der Waals surface area contributed by atoms with E-state index >= 15 is 0 Å². The van der Waals surface area contributed by atoms with E-state index in [9.17, 15) is 0 Å². The molecule has 0 unspecified atom stereocenters. The van der Waals surface area contributed by atoms with Crippen molar-refractivity contribution in [3.05, 3.63) is 59.2 Å². The van der Waals surface area contributed by atoms with Gasteiger partial charge in [0, 0.05) is 22.5 Å². The van der Waals surface area contributed by atoms with E-state index in [-0.39, 0.29) is 0 Å². The average Bonchev–Trinajstić information content (AvgIpc) is 3.28. The highest BCUT2D eigenvalue weighted by Gasteiger charge is 2.16. The molecule has 114 valence electrons. The minimum atomic E-state index is 0.791. The van der Waals surface area contributed by atoms with Crippen molar-refractivity contribution in [2.45, 2.75) is 0 Å². The molecule has 5 nitrogen and oxygen atoms in total. The Hall–Kier alpha value is -2.51. The Bertz CT molecular complexity index is 948. The Morgan fingerprint density at radius 1 is 1.22 bits per heavy atom. The third-order valence-corrected chi connectivity index (χ3v) is 5.17. The van der Waals surface area contributed by atoms with Crippen LogP contribution in [0.15, 0.2) is 58.7 Å². The van der Waals surface area contributed by atoms with E-state index in [4.69, 9.17) is 0 Å². The molecular weight excluding hydrogens is 326 g/mol. The van der Waals surface area contributed by atoms with Gasteiger partial charge in [0.1, 0.15) is 12.4 Å². The maximum absolute atomic E-state index is 4.20. The lowest BCUT2D eigenvalue weighted by molar-refractivity contribution is -0.505. The SMILES string of the molecule is Cn1c(-c2ccc(/C=N/Nc3nccs3)cc2)c[n+]2ccsc12. The summed E-state index contributed by atoms with van der Waals surface area (Å²) in [5.41, 5.74) is 6.34. The number of nitrogens with one attached hydrogen (secondary N) is 1. The number of imidazole rings is 1. The molecule has 0 aliphatic heterocycles. The first-order valence-corrected chi connectivity index (χ1v) is 8.80. The van der Waals surface area contributed by atoms with E-state index in [2.05, 4.69) is 73.6 Å². The first-order chi connectivity index (χ1) is 11.3. The summed E-state index contributed by atoms with van der Waals surface area (Å²) in [5.74, 6) is 0. The molecule has 7 heteroatoms. The summed E-state index contributed by atoms with van der Waals surface area (Å²) >= 11 is 3.26. The second-order valence-corrected chi connectivity index (χ2v) is 6.76. The van der Waals surface area contributed by atoms with Crippen molar-refractivity contribution in [3.63, 3.8) is 0 Å². The number of fused-ring (bicyclic) bond motifs is 1. The van der Waals surface area contributed by atoms with Crippen LogP contribution >= 0.6 is 22.7 Å². The van der Waals surface area contributed by atoms with Crippen LogP contribution in [0, 0.1) is 0 Å². The number of nitrogens with zero attached hydrogens (tertiary/aromatic N) is 4. The number of hydrazone groups is 1. The van der Waals surface area contributed by atoms with Crippen LogP contribution in [-0.4, -0.2) is 15.8 Å². The van der Waals surface area contributed by atoms with Crippen LogP contribution in [0.2, 0.25) is 0 Å². The number of hydrogen-bond acceptors (Lipinski definition) is 5. The van der Waals surface area contributed by atoms with Crippen LogP contribution in [-0.2, 0) is 7.05 Å². The number of aryl methyl sites for hydroxylation is 1. The summed E-state index contributed by atoms with van der Waals surface area (Å²) < 4.78 is 4.35. The molecule has 0 aliphatic rings. The molecule has 0 saturated heterocycles. The Balaban J connectivity index is 1.54. The molecule has 0 amide bonds. The number of anilines is 1. The molecule has 4 rings (SSSR count). The van der Waals surface area contributed by atoms with Crippen molar-refractivity contribution in [1.82, 2.24) is 9.55 Å². The zero-order chi connectivity index (χ0) is 15.6. The van der Waals surface area contributed by atoms with E-state index < -0.39 is 0 Å². The van der Waals surface area contributed by atoms with E-state index in [1.54, 1.807) is 23.7 Å². The van der Waals surface area contributed by atoms with Gasteiger partial charge in [-0.3, -0.25) is 5.43 Å². The lowest BCUT2D eigenvalue weighted by Gasteiger charge is -1.98. The van der Waals surface area contributed by atoms with Gasteiger partial charge in [-0.2, -0.15) is 9.50 Å². The number of benzene rings is 1. The van der Waals surface area contributed by atoms with Gasteiger partial charge >= 0.3 is 4.96 Å². The predicted octanol–water partition coefficient (Wildman–Crippen LogP) is 3.39. The van der Waals surface area contributed by atoms with Crippen molar-refractivity contribution in [2.24, 2.45) is 12.1 Å². The Kier molecular flexibility index (Phi) is 3.64. The Morgan fingerprint density at radius 3 is 2.83 bits per heavy atom. The smallest absolute Gasteiger partial charge is 0.253 e. The molecule has 3 heterocycles. The van der Waals surface area contributed by atoms with Gasteiger partial charge in [-0.1, -0.05) is 23.5 Å². The first-order valence-electron chi connectivity index (χ1n) is 7.04. The summed E-state index contributed by atoms with van der Waals surface area (Å²) in [6.45, 7) is 0. The summed E-state index contributed by atoms with van der Waals surface area (Å²) in [6, 6.07) is 8.36. The fourth-order valence-corrected chi connectivity index (χ4v) is 3.69. The Morgan fingerprint density at radius 2 is 2.09 bits per heavy atom. The fourth-order valence-electron chi connectivity index (χ4n) is 2.40. The van der Waals surface area contributed by atoms with Crippen molar-refractivity contribution < 1.29 is 4.40 Å². The zero-order valence-electron chi connectivity index (χ0n) is 12.4. The summed E-state index contributed by atoms with van der Waals surface area (Å²) in [7, 11) is 2.09. The normalized spacial score (nSPS) is 11.5. The average molecular weight is 340 g/mol. The monoisotopic (exact) mass is 340 g/mol. The molecule has 0 bridgehead atoms. The van der Waals surface area contributed by atoms with Crippen molar-refractivity contribution >= 4 is 39.0 Å². The number of aromatic nitrogens is 3. The molecule has 1 N–H and O–H groups in total. The highest BCUT2D eigenvalue weighted by Crippen LogP contribution is 2.21. The maximum Gasteiger partial charge on any atom is 0.345 e. The molecule has 0 radical (unpaired) electrons. The van der Waals surface area contributed by atoms with Crippen LogP contribution < -0.4 is 9.83 Å². The van der Waals surface area contributed by atoms with Crippen LogP contribution in [0.3, 0.4) is 0 Å². The lowest BCUT2D eigenvalue weighted by Crippen LogP contribution is -2.12. The van der Waals surface area contributed by atoms with Crippen molar-refractivity contribution in [3.8, 4) is 11.3 Å². The highest BCUT2D eigenvalue weighted by atomic mass is 32.1. The lowest BCUT2D eigenvalue weighted by atomic mass is 10.1. The molecule has 1 aromatic carbocycles. The maximum atomic E-state index is 4.20. The summed E-state index contributed by atoms with van der Waals surface area (Å²) in [4.78, 5) is 5.34. The van der Waals surface area contributed by atoms with Crippen LogP contribution in [0.1, 0.15) is 5.56 Å². The standard InChI is InChI=1S/C16H14N5S2/c1-20-14(11-21-7-9-23-16(20)21)13-4-2-12(3-5-13)10-18-19-15-17-6-8-22-15/h2-11H,1H3,(H,17,19)/q+1/b18-10+. The molecule has 0 atom stereocenters. The molecule has 0 aliphatic carbocycles. The van der Waals surface area contributed by atoms with Gasteiger partial charge in [0.2, 0.25) is 5.13 Å². The topological polar surface area (TPSA) is 46.3 Å².